The van der Waals surface area contributed by atoms with Crippen molar-refractivity contribution < 1.29 is 29.4 Å². The summed E-state index contributed by atoms with van der Waals surface area (Å²) in [5.74, 6) is -2.85. The van der Waals surface area contributed by atoms with Gasteiger partial charge >= 0.3 is 5.97 Å². The lowest BCUT2D eigenvalue weighted by Gasteiger charge is -2.27. The van der Waals surface area contributed by atoms with Gasteiger partial charge in [0, 0.05) is 6.42 Å². The zero-order chi connectivity index (χ0) is 26.0. The fourth-order valence-corrected chi connectivity index (χ4v) is 3.31. The first-order valence-electron chi connectivity index (χ1n) is 11.5. The Morgan fingerprint density at radius 2 is 1.50 bits per heavy atom. The first-order chi connectivity index (χ1) is 15.8. The molecule has 0 radical (unpaired) electrons. The van der Waals surface area contributed by atoms with E-state index in [1.807, 2.05) is 20.8 Å². The van der Waals surface area contributed by atoms with Gasteiger partial charge in [-0.05, 0) is 42.9 Å². The number of rotatable bonds is 13. The molecule has 10 nitrogen and oxygen atoms in total. The summed E-state index contributed by atoms with van der Waals surface area (Å²) in [4.78, 5) is 49.6. The normalized spacial score (nSPS) is 15.5. The highest BCUT2D eigenvalue weighted by Gasteiger charge is 2.31. The second-order valence-electron chi connectivity index (χ2n) is 9.11. The van der Waals surface area contributed by atoms with E-state index in [0.717, 1.165) is 0 Å². The minimum atomic E-state index is -1.23. The maximum absolute atomic E-state index is 12.9. The van der Waals surface area contributed by atoms with E-state index in [2.05, 4.69) is 16.0 Å². The van der Waals surface area contributed by atoms with Crippen LogP contribution in [0, 0.1) is 11.8 Å². The number of hydrogen-bond donors (Lipinski definition) is 6. The molecule has 1 aromatic rings. The molecule has 190 valence electrons. The highest BCUT2D eigenvalue weighted by atomic mass is 16.4. The Kier molecular flexibility index (Phi) is 11.5. The minimum absolute atomic E-state index is 0.00130. The third-order valence-corrected chi connectivity index (χ3v) is 5.60. The highest BCUT2D eigenvalue weighted by Crippen LogP contribution is 2.12. The van der Waals surface area contributed by atoms with E-state index in [1.165, 1.54) is 19.1 Å². The first-order valence-corrected chi connectivity index (χ1v) is 11.5. The molecule has 0 aromatic heterocycles. The maximum atomic E-state index is 12.9. The molecule has 7 N–H and O–H groups in total. The molecule has 0 spiro atoms. The first kappa shape index (κ1) is 28.9. The molecule has 0 fully saturated rings. The van der Waals surface area contributed by atoms with Crippen LogP contribution >= 0.6 is 0 Å². The molecular formula is C24H38N4O6. The fourth-order valence-electron chi connectivity index (χ4n) is 3.31. The number of nitrogens with two attached hydrogens (primary N) is 1. The second-order valence-corrected chi connectivity index (χ2v) is 9.11. The van der Waals surface area contributed by atoms with Crippen LogP contribution in [0.2, 0.25) is 0 Å². The van der Waals surface area contributed by atoms with Crippen LogP contribution in [0.25, 0.3) is 0 Å². The third kappa shape index (κ3) is 9.38. The molecule has 5 atom stereocenters. The topological polar surface area (TPSA) is 171 Å². The smallest absolute Gasteiger partial charge is 0.326 e. The van der Waals surface area contributed by atoms with Crippen molar-refractivity contribution in [3.05, 3.63) is 29.8 Å². The molecule has 0 bridgehead atoms. The van der Waals surface area contributed by atoms with E-state index in [0.29, 0.717) is 18.4 Å². The quantitative estimate of drug-likeness (QED) is 0.245. The van der Waals surface area contributed by atoms with Gasteiger partial charge in [-0.2, -0.15) is 0 Å². The number of aromatic hydroxyl groups is 1. The van der Waals surface area contributed by atoms with E-state index < -0.39 is 47.9 Å². The molecule has 0 saturated carbocycles. The monoisotopic (exact) mass is 478 g/mol. The Hall–Kier alpha value is -3.14. The Bertz CT molecular complexity index is 842. The molecule has 1 aromatic carbocycles. The van der Waals surface area contributed by atoms with Crippen LogP contribution in [0.4, 0.5) is 0 Å². The van der Waals surface area contributed by atoms with Gasteiger partial charge in [0.25, 0.3) is 0 Å². The fraction of sp³-hybridized carbons (Fsp3) is 0.583. The second kappa shape index (κ2) is 13.5. The average molecular weight is 479 g/mol. The number of aliphatic carboxylic acids is 1. The number of carbonyl (C=O) groups excluding carboxylic acids is 3. The summed E-state index contributed by atoms with van der Waals surface area (Å²) in [6, 6.07) is 2.06. The molecule has 5 unspecified atom stereocenters. The van der Waals surface area contributed by atoms with Crippen LogP contribution in [-0.2, 0) is 25.6 Å². The molecule has 0 saturated heterocycles. The molecular weight excluding hydrogens is 440 g/mol. The highest BCUT2D eigenvalue weighted by molar-refractivity contribution is 5.94. The summed E-state index contributed by atoms with van der Waals surface area (Å²) in [5.41, 5.74) is 6.55. The number of hydrogen-bond acceptors (Lipinski definition) is 6. The number of benzene rings is 1. The lowest BCUT2D eigenvalue weighted by Crippen LogP contribution is -2.58. The minimum Gasteiger partial charge on any atom is -0.508 e. The van der Waals surface area contributed by atoms with Crippen LogP contribution < -0.4 is 21.7 Å². The van der Waals surface area contributed by atoms with E-state index >= 15 is 0 Å². The predicted molar refractivity (Wildman–Crippen MR) is 128 cm³/mol. The average Bonchev–Trinajstić information content (AvgIpc) is 2.76. The van der Waals surface area contributed by atoms with Gasteiger partial charge in [-0.3, -0.25) is 14.4 Å². The van der Waals surface area contributed by atoms with E-state index in [-0.39, 0.29) is 24.0 Å². The molecule has 0 aliphatic heterocycles. The van der Waals surface area contributed by atoms with Crippen LogP contribution in [-0.4, -0.2) is 58.1 Å². The molecule has 10 heteroatoms. The Balaban J connectivity index is 2.81. The van der Waals surface area contributed by atoms with Crippen molar-refractivity contribution in [2.75, 3.05) is 0 Å². The van der Waals surface area contributed by atoms with Gasteiger partial charge in [-0.1, -0.05) is 46.2 Å². The van der Waals surface area contributed by atoms with Crippen molar-refractivity contribution in [3.63, 3.8) is 0 Å². The molecule has 1 rings (SSSR count). The van der Waals surface area contributed by atoms with Crippen molar-refractivity contribution in [2.45, 2.75) is 78.0 Å². The van der Waals surface area contributed by atoms with Crippen molar-refractivity contribution in [1.29, 1.82) is 0 Å². The summed E-state index contributed by atoms with van der Waals surface area (Å²) in [7, 11) is 0. The predicted octanol–water partition coefficient (Wildman–Crippen LogP) is 0.913. The molecule has 34 heavy (non-hydrogen) atoms. The third-order valence-electron chi connectivity index (χ3n) is 5.60. The van der Waals surface area contributed by atoms with Crippen molar-refractivity contribution in [1.82, 2.24) is 16.0 Å². The van der Waals surface area contributed by atoms with Gasteiger partial charge < -0.3 is 31.9 Å². The molecule has 3 amide bonds. The molecule has 0 heterocycles. The summed E-state index contributed by atoms with van der Waals surface area (Å²) in [6.07, 6.45) is 1.07. The van der Waals surface area contributed by atoms with Crippen molar-refractivity contribution in [2.24, 2.45) is 17.6 Å². The molecule has 0 aliphatic rings. The Labute approximate surface area is 200 Å². The van der Waals surface area contributed by atoms with Gasteiger partial charge in [-0.25, -0.2) is 4.79 Å². The number of carbonyl (C=O) groups is 4. The molecule has 0 aliphatic carbocycles. The summed E-state index contributed by atoms with van der Waals surface area (Å²) >= 11 is 0. The van der Waals surface area contributed by atoms with Gasteiger partial charge in [0.1, 0.15) is 23.9 Å². The van der Waals surface area contributed by atoms with Crippen molar-refractivity contribution in [3.8, 4) is 5.75 Å². The number of phenolic OH excluding ortho intramolecular Hbond substituents is 1. The van der Waals surface area contributed by atoms with Gasteiger partial charge in [0.2, 0.25) is 17.7 Å². The van der Waals surface area contributed by atoms with Gasteiger partial charge in [0.05, 0.1) is 6.04 Å². The van der Waals surface area contributed by atoms with Gasteiger partial charge in [-0.15, -0.1) is 0 Å². The van der Waals surface area contributed by atoms with Crippen molar-refractivity contribution >= 4 is 23.7 Å². The van der Waals surface area contributed by atoms with Crippen LogP contribution in [0.5, 0.6) is 5.75 Å². The van der Waals surface area contributed by atoms with E-state index in [9.17, 15) is 29.4 Å². The zero-order valence-corrected chi connectivity index (χ0v) is 20.5. The SMILES string of the molecule is CCC(C)C(NC(=O)C(N)CC(C)C)C(=O)NC(C)C(=O)NC(Cc1ccc(O)cc1)C(=O)O. The van der Waals surface area contributed by atoms with E-state index in [4.69, 9.17) is 5.73 Å². The largest absolute Gasteiger partial charge is 0.508 e. The zero-order valence-electron chi connectivity index (χ0n) is 20.5. The lowest BCUT2D eigenvalue weighted by molar-refractivity contribution is -0.142. The lowest BCUT2D eigenvalue weighted by atomic mass is 9.96. The number of phenols is 1. The standard InChI is InChI=1S/C24H38N4O6/c1-6-14(4)20(28-22(31)18(25)11-13(2)3)23(32)26-15(5)21(30)27-19(24(33)34)12-16-7-9-17(29)10-8-16/h7-10,13-15,18-20,29H,6,11-12,25H2,1-5H3,(H,26,32)(H,27,30)(H,28,31)(H,33,34). The number of nitrogens with one attached hydrogen (secondary N) is 3. The summed E-state index contributed by atoms with van der Waals surface area (Å²) in [6.45, 7) is 9.01. The number of amides is 3. The Morgan fingerprint density at radius 1 is 0.912 bits per heavy atom. The summed E-state index contributed by atoms with van der Waals surface area (Å²) < 4.78 is 0. The number of carboxylic acids is 1. The number of carboxylic acid groups (broad SMARTS) is 1. The van der Waals surface area contributed by atoms with Gasteiger partial charge in [0.15, 0.2) is 0 Å². The van der Waals surface area contributed by atoms with E-state index in [1.54, 1.807) is 19.1 Å². The van der Waals surface area contributed by atoms with Crippen LogP contribution in [0.3, 0.4) is 0 Å². The maximum Gasteiger partial charge on any atom is 0.326 e. The Morgan fingerprint density at radius 3 is 2.00 bits per heavy atom. The van der Waals surface area contributed by atoms with Crippen LogP contribution in [0.1, 0.15) is 53.0 Å². The van der Waals surface area contributed by atoms with Crippen LogP contribution in [0.15, 0.2) is 24.3 Å². The summed E-state index contributed by atoms with van der Waals surface area (Å²) in [5, 5.41) is 26.5.